The van der Waals surface area contributed by atoms with E-state index in [1.807, 2.05) is 4.72 Å². The normalized spacial score (nSPS) is 13.9. The highest BCUT2D eigenvalue weighted by atomic mass is 32.2. The number of sulfonamides is 1. The molecular weight excluding hydrogens is 391 g/mol. The van der Waals surface area contributed by atoms with Crippen molar-refractivity contribution in [3.05, 3.63) is 47.5 Å². The van der Waals surface area contributed by atoms with Crippen LogP contribution < -0.4 is 14.2 Å². The Morgan fingerprint density at radius 3 is 2.26 bits per heavy atom. The van der Waals surface area contributed by atoms with Gasteiger partial charge in [0.1, 0.15) is 13.2 Å². The average molecular weight is 403 g/mol. The fourth-order valence-electron chi connectivity index (χ4n) is 2.49. The molecule has 1 heterocycles. The first kappa shape index (κ1) is 18.8. The lowest BCUT2D eigenvalue weighted by molar-refractivity contribution is -0.139. The first-order valence-electron chi connectivity index (χ1n) is 7.45. The zero-order chi connectivity index (χ0) is 19.8. The monoisotopic (exact) mass is 403 g/mol. The molecule has 2 aromatic carbocycles. The van der Waals surface area contributed by atoms with E-state index in [9.17, 15) is 31.5 Å². The van der Waals surface area contributed by atoms with Gasteiger partial charge < -0.3 is 14.6 Å². The van der Waals surface area contributed by atoms with Gasteiger partial charge in [0, 0.05) is 12.1 Å². The summed E-state index contributed by atoms with van der Waals surface area (Å²) in [4.78, 5) is 10.4. The zero-order valence-electron chi connectivity index (χ0n) is 13.4. The summed E-state index contributed by atoms with van der Waals surface area (Å²) in [6.45, 7) is 0.332. The number of halogens is 3. The van der Waals surface area contributed by atoms with Gasteiger partial charge in [0.15, 0.2) is 11.5 Å². The first-order valence-corrected chi connectivity index (χ1v) is 8.94. The summed E-state index contributed by atoms with van der Waals surface area (Å²) >= 11 is 0. The van der Waals surface area contributed by atoms with Crippen molar-refractivity contribution in [1.82, 2.24) is 0 Å². The third kappa shape index (κ3) is 3.77. The van der Waals surface area contributed by atoms with Gasteiger partial charge in [0.05, 0.1) is 21.7 Å². The molecule has 0 saturated heterocycles. The number of hydrogen-bond donors (Lipinski definition) is 2. The van der Waals surface area contributed by atoms with Crippen molar-refractivity contribution in [2.45, 2.75) is 11.1 Å². The Morgan fingerprint density at radius 1 is 1.07 bits per heavy atom. The van der Waals surface area contributed by atoms with Gasteiger partial charge in [-0.25, -0.2) is 13.2 Å². The standard InChI is InChI=1S/C16H12F3NO6S/c17-16(18,19)10-3-1-2-4-14(10)27(23,24)20-11-8-13-12(25-5-6-26-13)7-9(11)15(21)22/h1-4,7-8,20H,5-6H2,(H,21,22). The summed E-state index contributed by atoms with van der Waals surface area (Å²) in [5.74, 6) is -1.32. The van der Waals surface area contributed by atoms with Crippen molar-refractivity contribution in [2.24, 2.45) is 0 Å². The van der Waals surface area contributed by atoms with Crippen LogP contribution in [-0.4, -0.2) is 32.7 Å². The maximum Gasteiger partial charge on any atom is 0.417 e. The van der Waals surface area contributed by atoms with Gasteiger partial charge in [-0.1, -0.05) is 12.1 Å². The summed E-state index contributed by atoms with van der Waals surface area (Å²) in [6, 6.07) is 5.69. The van der Waals surface area contributed by atoms with Crippen LogP contribution in [0.25, 0.3) is 0 Å². The molecule has 1 aliphatic heterocycles. The maximum absolute atomic E-state index is 13.1. The summed E-state index contributed by atoms with van der Waals surface area (Å²) in [7, 11) is -4.74. The van der Waals surface area contributed by atoms with Crippen LogP contribution >= 0.6 is 0 Å². The summed E-state index contributed by atoms with van der Waals surface area (Å²) in [5.41, 5.74) is -2.30. The van der Waals surface area contributed by atoms with Crippen molar-refractivity contribution in [2.75, 3.05) is 17.9 Å². The molecule has 0 aliphatic carbocycles. The Kier molecular flexibility index (Phi) is 4.64. The van der Waals surface area contributed by atoms with Crippen LogP contribution in [0.15, 0.2) is 41.3 Å². The Hall–Kier alpha value is -2.95. The molecule has 11 heteroatoms. The molecular formula is C16H12F3NO6S. The number of alkyl halides is 3. The number of ether oxygens (including phenoxy) is 2. The maximum atomic E-state index is 13.1. The van der Waals surface area contributed by atoms with Crippen LogP contribution in [0.5, 0.6) is 11.5 Å². The third-order valence-corrected chi connectivity index (χ3v) is 5.06. The second-order valence-corrected chi connectivity index (χ2v) is 7.10. The Bertz CT molecular complexity index is 1000. The first-order chi connectivity index (χ1) is 12.6. The second kappa shape index (κ2) is 6.65. The molecule has 0 bridgehead atoms. The molecule has 0 fully saturated rings. The molecule has 3 rings (SSSR count). The van der Waals surface area contributed by atoms with E-state index in [4.69, 9.17) is 9.47 Å². The molecule has 0 aromatic heterocycles. The van der Waals surface area contributed by atoms with E-state index in [0.29, 0.717) is 6.07 Å². The fourth-order valence-corrected chi connectivity index (χ4v) is 3.78. The van der Waals surface area contributed by atoms with Crippen LogP contribution in [0.3, 0.4) is 0 Å². The number of rotatable bonds is 4. The smallest absolute Gasteiger partial charge is 0.417 e. The number of carbonyl (C=O) groups is 1. The van der Waals surface area contributed by atoms with Crippen molar-refractivity contribution >= 4 is 21.7 Å². The van der Waals surface area contributed by atoms with Gasteiger partial charge in [-0.2, -0.15) is 13.2 Å². The Balaban J connectivity index is 2.08. The second-order valence-electron chi connectivity index (χ2n) is 5.45. The van der Waals surface area contributed by atoms with E-state index in [1.54, 1.807) is 0 Å². The number of benzene rings is 2. The fraction of sp³-hybridized carbons (Fsp3) is 0.188. The van der Waals surface area contributed by atoms with Gasteiger partial charge >= 0.3 is 12.1 Å². The van der Waals surface area contributed by atoms with Crippen LogP contribution in [0.1, 0.15) is 15.9 Å². The van der Waals surface area contributed by atoms with Gasteiger partial charge in [0.2, 0.25) is 0 Å². The van der Waals surface area contributed by atoms with Crippen LogP contribution in [0.4, 0.5) is 18.9 Å². The number of hydrogen-bond acceptors (Lipinski definition) is 5. The molecule has 144 valence electrons. The number of carboxylic acids is 1. The molecule has 0 amide bonds. The predicted octanol–water partition coefficient (Wildman–Crippen LogP) is 2.98. The molecule has 0 saturated carbocycles. The number of aromatic carboxylic acids is 1. The quantitative estimate of drug-likeness (QED) is 0.814. The molecule has 27 heavy (non-hydrogen) atoms. The van der Waals surface area contributed by atoms with Crippen molar-refractivity contribution in [1.29, 1.82) is 0 Å². The van der Waals surface area contributed by atoms with Crippen LogP contribution in [0.2, 0.25) is 0 Å². The van der Waals surface area contributed by atoms with E-state index < -0.39 is 43.9 Å². The van der Waals surface area contributed by atoms with E-state index >= 15 is 0 Å². The molecule has 0 atom stereocenters. The van der Waals surface area contributed by atoms with Gasteiger partial charge in [-0.3, -0.25) is 4.72 Å². The number of nitrogens with one attached hydrogen (secondary N) is 1. The van der Waals surface area contributed by atoms with Crippen LogP contribution in [-0.2, 0) is 16.2 Å². The largest absolute Gasteiger partial charge is 0.486 e. The predicted molar refractivity (Wildman–Crippen MR) is 86.6 cm³/mol. The van der Waals surface area contributed by atoms with Gasteiger partial charge in [0.25, 0.3) is 10.0 Å². The highest BCUT2D eigenvalue weighted by molar-refractivity contribution is 7.92. The SMILES string of the molecule is O=C(O)c1cc2c(cc1NS(=O)(=O)c1ccccc1C(F)(F)F)OCCO2. The lowest BCUT2D eigenvalue weighted by Gasteiger charge is -2.21. The van der Waals surface area contributed by atoms with Crippen molar-refractivity contribution < 1.29 is 41.0 Å². The molecule has 7 nitrogen and oxygen atoms in total. The summed E-state index contributed by atoms with van der Waals surface area (Å²) in [6.07, 6.45) is -4.91. The molecule has 0 spiro atoms. The summed E-state index contributed by atoms with van der Waals surface area (Å²) in [5, 5.41) is 9.31. The lowest BCUT2D eigenvalue weighted by atomic mass is 10.1. The van der Waals surface area contributed by atoms with E-state index in [-0.39, 0.29) is 24.7 Å². The van der Waals surface area contributed by atoms with E-state index in [0.717, 1.165) is 30.3 Å². The topological polar surface area (TPSA) is 102 Å². The summed E-state index contributed by atoms with van der Waals surface area (Å²) < 4.78 is 76.9. The minimum atomic E-state index is -4.91. The molecule has 2 aromatic rings. The minimum absolute atomic E-state index is 0.0769. The minimum Gasteiger partial charge on any atom is -0.486 e. The van der Waals surface area contributed by atoms with Crippen LogP contribution in [0, 0.1) is 0 Å². The van der Waals surface area contributed by atoms with Crippen molar-refractivity contribution in [3.63, 3.8) is 0 Å². The highest BCUT2D eigenvalue weighted by Gasteiger charge is 2.37. The molecule has 2 N–H and O–H groups in total. The van der Waals surface area contributed by atoms with E-state index in [2.05, 4.69) is 0 Å². The zero-order valence-corrected chi connectivity index (χ0v) is 14.2. The Labute approximate surface area is 151 Å². The average Bonchev–Trinajstić information content (AvgIpc) is 2.60. The van der Waals surface area contributed by atoms with E-state index in [1.165, 1.54) is 0 Å². The third-order valence-electron chi connectivity index (χ3n) is 3.64. The lowest BCUT2D eigenvalue weighted by Crippen LogP contribution is -2.21. The molecule has 1 aliphatic rings. The molecule has 0 radical (unpaired) electrons. The Morgan fingerprint density at radius 2 is 1.67 bits per heavy atom. The van der Waals surface area contributed by atoms with Gasteiger partial charge in [-0.15, -0.1) is 0 Å². The number of anilines is 1. The highest BCUT2D eigenvalue weighted by Crippen LogP contribution is 2.38. The van der Waals surface area contributed by atoms with Gasteiger partial charge in [-0.05, 0) is 12.1 Å². The molecule has 0 unspecified atom stereocenters. The number of carboxylic acid groups (broad SMARTS) is 1. The van der Waals surface area contributed by atoms with Crippen molar-refractivity contribution in [3.8, 4) is 11.5 Å². The number of fused-ring (bicyclic) bond motifs is 1.